The molecule has 0 aliphatic heterocycles. The van der Waals surface area contributed by atoms with Gasteiger partial charge in [0.15, 0.2) is 10.7 Å². The molecule has 17 heavy (non-hydrogen) atoms. The van der Waals surface area contributed by atoms with Crippen molar-refractivity contribution in [1.29, 1.82) is 0 Å². The Balaban J connectivity index is 2.25. The zero-order chi connectivity index (χ0) is 11.7. The average Bonchev–Trinajstić information content (AvgIpc) is 2.88. The van der Waals surface area contributed by atoms with Crippen LogP contribution in [0.3, 0.4) is 0 Å². The van der Waals surface area contributed by atoms with E-state index < -0.39 is 0 Å². The molecule has 0 spiro atoms. The Hall–Kier alpha value is -1.90. The van der Waals surface area contributed by atoms with Crippen LogP contribution in [0.1, 0.15) is 13.8 Å². The normalized spacial score (nSPS) is 36.4. The summed E-state index contributed by atoms with van der Waals surface area (Å²) in [4.78, 5) is 0. The monoisotopic (exact) mass is 224 g/mol. The van der Waals surface area contributed by atoms with Crippen LogP contribution in [-0.4, -0.2) is 10.3 Å². The highest BCUT2D eigenvalue weighted by Crippen LogP contribution is 2.61. The molecule has 2 N–H and O–H groups in total. The molecule has 1 heterocycles. The number of fused-ring (bicyclic) bond motifs is 1. The molecule has 2 atom stereocenters. The predicted octanol–water partition coefficient (Wildman–Crippen LogP) is 0.247. The number of hydrogen-bond acceptors (Lipinski definition) is 1. The van der Waals surface area contributed by atoms with E-state index in [1.807, 2.05) is 0 Å². The Labute approximate surface area is 98.9 Å². The third-order valence-corrected chi connectivity index (χ3v) is 4.71. The Morgan fingerprint density at radius 3 is 2.88 bits per heavy atom. The van der Waals surface area contributed by atoms with Crippen LogP contribution in [0.2, 0.25) is 0 Å². The number of aromatic amines is 2. The van der Waals surface area contributed by atoms with E-state index in [1.165, 1.54) is 11.1 Å². The van der Waals surface area contributed by atoms with Crippen LogP contribution >= 0.6 is 0 Å². The fourth-order valence-electron chi connectivity index (χ4n) is 3.31. The van der Waals surface area contributed by atoms with Gasteiger partial charge in [0, 0.05) is 16.4 Å². The molecule has 3 nitrogen and oxygen atoms in total. The zero-order valence-corrected chi connectivity index (χ0v) is 9.91. The second-order valence-corrected chi connectivity index (χ2v) is 5.40. The van der Waals surface area contributed by atoms with Crippen LogP contribution in [-0.2, 0) is 0 Å². The number of aromatic nitrogens is 3. The molecule has 1 aromatic heterocycles. The number of rotatable bonds is 0. The van der Waals surface area contributed by atoms with Gasteiger partial charge in [-0.05, 0) is 11.6 Å². The minimum atomic E-state index is 0.0368. The summed E-state index contributed by atoms with van der Waals surface area (Å²) in [7, 11) is 0. The van der Waals surface area contributed by atoms with Crippen LogP contribution in [0.25, 0.3) is 11.6 Å². The summed E-state index contributed by atoms with van der Waals surface area (Å²) in [5.74, 6) is 0. The van der Waals surface area contributed by atoms with Gasteiger partial charge in [-0.1, -0.05) is 44.2 Å². The van der Waals surface area contributed by atoms with E-state index in [-0.39, 0.29) is 10.8 Å². The van der Waals surface area contributed by atoms with Gasteiger partial charge in [-0.3, -0.25) is 0 Å². The van der Waals surface area contributed by atoms with Gasteiger partial charge < -0.3 is 0 Å². The van der Waals surface area contributed by atoms with Crippen LogP contribution in [0, 0.1) is 10.8 Å². The van der Waals surface area contributed by atoms with Gasteiger partial charge >= 0.3 is 0 Å². The van der Waals surface area contributed by atoms with Crippen molar-refractivity contribution < 1.29 is 5.10 Å². The minimum absolute atomic E-state index is 0.0368. The van der Waals surface area contributed by atoms with Crippen molar-refractivity contribution in [3.05, 3.63) is 46.7 Å². The van der Waals surface area contributed by atoms with E-state index in [1.54, 1.807) is 0 Å². The standard InChI is InChI=1S/C14H13N3/c1-13-7-5-9-3-4-11-12(16-17-15-11)10(6-8-13)14(9,13)2/h3-8H,1-2H3,(H,15,16)/p+1. The summed E-state index contributed by atoms with van der Waals surface area (Å²) in [5.41, 5.74) is 2.83. The molecule has 0 aromatic carbocycles. The quantitative estimate of drug-likeness (QED) is 0.674. The molecule has 0 fully saturated rings. The van der Waals surface area contributed by atoms with E-state index in [4.69, 9.17) is 0 Å². The number of hydrogen-bond donors (Lipinski definition) is 1. The van der Waals surface area contributed by atoms with E-state index in [9.17, 15) is 0 Å². The maximum atomic E-state index is 4.04. The molecule has 0 amide bonds. The minimum Gasteiger partial charge on any atom is -0.143 e. The van der Waals surface area contributed by atoms with Gasteiger partial charge in [0.05, 0.1) is 5.21 Å². The van der Waals surface area contributed by atoms with E-state index in [0.717, 1.165) is 10.7 Å². The highest BCUT2D eigenvalue weighted by molar-refractivity contribution is 5.77. The second kappa shape index (κ2) is 2.50. The smallest absolute Gasteiger partial charge is 0.143 e. The van der Waals surface area contributed by atoms with Crippen molar-refractivity contribution in [2.24, 2.45) is 10.8 Å². The number of nitrogens with zero attached hydrogens (tertiary/aromatic N) is 1. The van der Waals surface area contributed by atoms with Gasteiger partial charge in [0.2, 0.25) is 0 Å². The average molecular weight is 224 g/mol. The highest BCUT2D eigenvalue weighted by atomic mass is 15.3. The topological polar surface area (TPSA) is 42.8 Å². The fourth-order valence-corrected chi connectivity index (χ4v) is 3.31. The van der Waals surface area contributed by atoms with Crippen molar-refractivity contribution in [3.63, 3.8) is 0 Å². The first kappa shape index (κ1) is 9.16. The third-order valence-electron chi connectivity index (χ3n) is 4.71. The fraction of sp³-hybridized carbons (Fsp3) is 0.286. The van der Waals surface area contributed by atoms with E-state index >= 15 is 0 Å². The molecule has 0 radical (unpaired) electrons. The van der Waals surface area contributed by atoms with Crippen molar-refractivity contribution in [3.8, 4) is 0 Å². The lowest BCUT2D eigenvalue weighted by Gasteiger charge is -2.35. The Bertz CT molecular complexity index is 732. The van der Waals surface area contributed by atoms with Gasteiger partial charge in [-0.25, -0.2) is 0 Å². The summed E-state index contributed by atoms with van der Waals surface area (Å²) < 4.78 is 0. The van der Waals surface area contributed by atoms with Gasteiger partial charge in [-0.15, -0.1) is 10.2 Å². The highest BCUT2D eigenvalue weighted by Gasteiger charge is 2.53. The molecule has 0 saturated carbocycles. The summed E-state index contributed by atoms with van der Waals surface area (Å²) >= 11 is 0. The molecule has 3 heteroatoms. The molecular formula is C14H14N3+. The van der Waals surface area contributed by atoms with Gasteiger partial charge in [-0.2, -0.15) is 0 Å². The van der Waals surface area contributed by atoms with Crippen molar-refractivity contribution in [2.45, 2.75) is 13.8 Å². The first-order valence-electron chi connectivity index (χ1n) is 5.93. The molecule has 3 aliphatic rings. The van der Waals surface area contributed by atoms with Crippen LogP contribution in [0.4, 0.5) is 0 Å². The van der Waals surface area contributed by atoms with Crippen molar-refractivity contribution >= 4 is 11.6 Å². The Morgan fingerprint density at radius 1 is 1.18 bits per heavy atom. The first-order valence-corrected chi connectivity index (χ1v) is 5.93. The number of nitrogens with one attached hydrogen (secondary N) is 2. The lowest BCUT2D eigenvalue weighted by Crippen LogP contribution is -2.42. The maximum Gasteiger partial charge on any atom is 0.199 e. The number of H-pyrrole nitrogens is 2. The van der Waals surface area contributed by atoms with Gasteiger partial charge in [0.25, 0.3) is 0 Å². The van der Waals surface area contributed by atoms with Crippen molar-refractivity contribution in [1.82, 2.24) is 10.3 Å². The molecular weight excluding hydrogens is 210 g/mol. The summed E-state index contributed by atoms with van der Waals surface area (Å²) in [5, 5.41) is 12.3. The lowest BCUT2D eigenvalue weighted by atomic mass is 9.66. The van der Waals surface area contributed by atoms with Gasteiger partial charge in [0.1, 0.15) is 0 Å². The molecule has 2 unspecified atom stereocenters. The maximum absolute atomic E-state index is 4.04. The molecule has 0 saturated heterocycles. The molecule has 1 aromatic rings. The summed E-state index contributed by atoms with van der Waals surface area (Å²) in [6, 6.07) is 0. The molecule has 4 rings (SSSR count). The third kappa shape index (κ3) is 0.822. The number of allylic oxidation sites excluding steroid dienone is 6. The zero-order valence-electron chi connectivity index (χ0n) is 9.91. The van der Waals surface area contributed by atoms with E-state index in [2.05, 4.69) is 65.7 Å². The molecule has 0 bridgehead atoms. The summed E-state index contributed by atoms with van der Waals surface area (Å²) in [6.07, 6.45) is 13.4. The predicted molar refractivity (Wildman–Crippen MR) is 64.8 cm³/mol. The van der Waals surface area contributed by atoms with Crippen molar-refractivity contribution in [2.75, 3.05) is 0 Å². The first-order chi connectivity index (χ1) is 8.15. The summed E-state index contributed by atoms with van der Waals surface area (Å²) in [6.45, 7) is 4.61. The largest absolute Gasteiger partial charge is 0.199 e. The second-order valence-electron chi connectivity index (χ2n) is 5.40. The van der Waals surface area contributed by atoms with Crippen LogP contribution in [0.15, 0.2) is 36.0 Å². The molecule has 84 valence electrons. The van der Waals surface area contributed by atoms with Crippen LogP contribution in [0.5, 0.6) is 0 Å². The SMILES string of the molecule is CC12C=CC3=CC=c4[nH]n[nH+]c4=C(C=C1)C32C. The Kier molecular flexibility index (Phi) is 1.35. The Morgan fingerprint density at radius 2 is 2.00 bits per heavy atom. The molecule has 3 aliphatic carbocycles. The lowest BCUT2D eigenvalue weighted by molar-refractivity contribution is -0.470. The van der Waals surface area contributed by atoms with Crippen LogP contribution < -0.4 is 15.8 Å². The van der Waals surface area contributed by atoms with E-state index in [0.29, 0.717) is 0 Å².